The third-order valence-corrected chi connectivity index (χ3v) is 4.91. The van der Waals surface area contributed by atoms with Crippen molar-refractivity contribution in [3.05, 3.63) is 64.6 Å². The standard InChI is InChI=1S/C20H22ClFN4O2/c21-18-11-14(4-5-19(27)25-28)12-23-20(18)24-17-6-8-26(9-7-17)13-15-2-1-3-16(22)10-15/h1-5,10-12,17,28H,6-9,13H2,(H,23,24)(H,25,27)/b5-4+. The van der Waals surface area contributed by atoms with E-state index in [1.807, 2.05) is 6.07 Å². The smallest absolute Gasteiger partial charge is 0.267 e. The summed E-state index contributed by atoms with van der Waals surface area (Å²) in [5, 5.41) is 12.3. The summed E-state index contributed by atoms with van der Waals surface area (Å²) in [6.07, 6.45) is 6.18. The lowest BCUT2D eigenvalue weighted by Gasteiger charge is -2.32. The van der Waals surface area contributed by atoms with Crippen LogP contribution in [0.5, 0.6) is 0 Å². The number of hydroxylamine groups is 1. The predicted octanol–water partition coefficient (Wildman–Crippen LogP) is 3.47. The Morgan fingerprint density at radius 3 is 2.82 bits per heavy atom. The molecule has 1 aromatic carbocycles. The summed E-state index contributed by atoms with van der Waals surface area (Å²) in [5.74, 6) is -0.220. The molecule has 6 nitrogen and oxygen atoms in total. The van der Waals surface area contributed by atoms with Gasteiger partial charge >= 0.3 is 0 Å². The Kier molecular flexibility index (Phi) is 6.97. The average Bonchev–Trinajstić information content (AvgIpc) is 2.69. The molecule has 3 N–H and O–H groups in total. The highest BCUT2D eigenvalue weighted by Crippen LogP contribution is 2.24. The molecule has 2 aromatic rings. The van der Waals surface area contributed by atoms with Crippen molar-refractivity contribution in [1.82, 2.24) is 15.4 Å². The molecule has 0 aliphatic carbocycles. The molecular weight excluding hydrogens is 383 g/mol. The Morgan fingerprint density at radius 1 is 1.36 bits per heavy atom. The number of benzene rings is 1. The molecule has 0 saturated carbocycles. The molecule has 1 amide bonds. The Hall–Kier alpha value is -2.48. The second-order valence-electron chi connectivity index (χ2n) is 6.73. The average molecular weight is 405 g/mol. The van der Waals surface area contributed by atoms with Crippen LogP contribution in [0.25, 0.3) is 6.08 Å². The van der Waals surface area contributed by atoms with Gasteiger partial charge < -0.3 is 5.32 Å². The minimum atomic E-state index is -0.622. The lowest BCUT2D eigenvalue weighted by Crippen LogP contribution is -2.38. The van der Waals surface area contributed by atoms with Crippen LogP contribution in [0.15, 0.2) is 42.6 Å². The van der Waals surface area contributed by atoms with Crippen molar-refractivity contribution in [2.75, 3.05) is 18.4 Å². The van der Waals surface area contributed by atoms with Crippen LogP contribution in [-0.2, 0) is 11.3 Å². The quantitative estimate of drug-likeness (QED) is 0.390. The van der Waals surface area contributed by atoms with Crippen molar-refractivity contribution in [2.24, 2.45) is 0 Å². The number of carbonyl (C=O) groups is 1. The van der Waals surface area contributed by atoms with Crippen LogP contribution >= 0.6 is 11.6 Å². The third kappa shape index (κ3) is 5.76. The van der Waals surface area contributed by atoms with Crippen molar-refractivity contribution in [2.45, 2.75) is 25.4 Å². The van der Waals surface area contributed by atoms with Crippen molar-refractivity contribution < 1.29 is 14.4 Å². The minimum absolute atomic E-state index is 0.204. The van der Waals surface area contributed by atoms with Crippen LogP contribution in [0.4, 0.5) is 10.2 Å². The van der Waals surface area contributed by atoms with Gasteiger partial charge in [0.1, 0.15) is 11.6 Å². The molecule has 2 heterocycles. The SMILES string of the molecule is O=C(/C=C/c1cnc(NC2CCN(Cc3cccc(F)c3)CC2)c(Cl)c1)NO. The number of nitrogens with zero attached hydrogens (tertiary/aromatic N) is 2. The number of anilines is 1. The molecule has 28 heavy (non-hydrogen) atoms. The van der Waals surface area contributed by atoms with Gasteiger partial charge in [0.25, 0.3) is 5.91 Å². The van der Waals surface area contributed by atoms with E-state index in [1.165, 1.54) is 23.7 Å². The topological polar surface area (TPSA) is 77.5 Å². The number of amides is 1. The fourth-order valence-corrected chi connectivity index (χ4v) is 3.41. The highest BCUT2D eigenvalue weighted by Gasteiger charge is 2.20. The van der Waals surface area contributed by atoms with Crippen molar-refractivity contribution in [1.29, 1.82) is 0 Å². The highest BCUT2D eigenvalue weighted by molar-refractivity contribution is 6.33. The van der Waals surface area contributed by atoms with Crippen molar-refractivity contribution in [3.8, 4) is 0 Å². The highest BCUT2D eigenvalue weighted by atomic mass is 35.5. The molecule has 148 valence electrons. The number of hydrogen-bond donors (Lipinski definition) is 3. The van der Waals surface area contributed by atoms with Crippen LogP contribution in [0.2, 0.25) is 5.02 Å². The molecule has 0 radical (unpaired) electrons. The first-order valence-corrected chi connectivity index (χ1v) is 9.42. The molecule has 1 aliphatic rings. The summed E-state index contributed by atoms with van der Waals surface area (Å²) in [7, 11) is 0. The monoisotopic (exact) mass is 404 g/mol. The van der Waals surface area contributed by atoms with Crippen LogP contribution in [0, 0.1) is 5.82 Å². The third-order valence-electron chi connectivity index (χ3n) is 4.62. The number of pyridine rings is 1. The summed E-state index contributed by atoms with van der Waals surface area (Å²) >= 11 is 6.29. The lowest BCUT2D eigenvalue weighted by molar-refractivity contribution is -0.124. The van der Waals surface area contributed by atoms with Gasteiger partial charge in [-0.25, -0.2) is 14.9 Å². The molecule has 1 saturated heterocycles. The Bertz CT molecular complexity index is 854. The van der Waals surface area contributed by atoms with Gasteiger partial charge in [-0.15, -0.1) is 0 Å². The Morgan fingerprint density at radius 2 is 2.14 bits per heavy atom. The van der Waals surface area contributed by atoms with Crippen LogP contribution < -0.4 is 10.8 Å². The lowest BCUT2D eigenvalue weighted by atomic mass is 10.0. The number of rotatable bonds is 6. The molecule has 1 fully saturated rings. The normalized spacial score (nSPS) is 15.7. The van der Waals surface area contributed by atoms with E-state index in [2.05, 4.69) is 15.2 Å². The maximum atomic E-state index is 13.3. The summed E-state index contributed by atoms with van der Waals surface area (Å²) in [4.78, 5) is 17.7. The van der Waals surface area contributed by atoms with E-state index in [9.17, 15) is 9.18 Å². The zero-order valence-electron chi connectivity index (χ0n) is 15.2. The molecule has 0 spiro atoms. The van der Waals surface area contributed by atoms with Gasteiger partial charge in [-0.2, -0.15) is 0 Å². The zero-order valence-corrected chi connectivity index (χ0v) is 16.0. The van der Waals surface area contributed by atoms with Crippen LogP contribution in [0.1, 0.15) is 24.0 Å². The molecule has 1 aromatic heterocycles. The van der Waals surface area contributed by atoms with Crippen molar-refractivity contribution in [3.63, 3.8) is 0 Å². The largest absolute Gasteiger partial charge is 0.366 e. The number of nitrogens with one attached hydrogen (secondary N) is 2. The molecule has 0 bridgehead atoms. The Balaban J connectivity index is 1.51. The first kappa shape index (κ1) is 20.3. The second kappa shape index (κ2) is 9.64. The van der Waals surface area contributed by atoms with Gasteiger partial charge in [0.2, 0.25) is 0 Å². The number of halogens is 2. The van der Waals surface area contributed by atoms with Gasteiger partial charge in [-0.1, -0.05) is 23.7 Å². The van der Waals surface area contributed by atoms with E-state index in [0.717, 1.165) is 38.0 Å². The molecule has 0 unspecified atom stereocenters. The molecule has 0 atom stereocenters. The summed E-state index contributed by atoms with van der Waals surface area (Å²) in [6.45, 7) is 2.55. The van der Waals surface area contributed by atoms with E-state index in [-0.39, 0.29) is 11.9 Å². The zero-order chi connectivity index (χ0) is 19.9. The van der Waals surface area contributed by atoms with Gasteiger partial charge in [0.15, 0.2) is 0 Å². The molecular formula is C20H22ClFN4O2. The number of aromatic nitrogens is 1. The summed E-state index contributed by atoms with van der Waals surface area (Å²) < 4.78 is 13.3. The van der Waals surface area contributed by atoms with Gasteiger partial charge in [0, 0.05) is 37.9 Å². The maximum Gasteiger partial charge on any atom is 0.267 e. The van der Waals surface area contributed by atoms with Crippen molar-refractivity contribution >= 4 is 29.4 Å². The van der Waals surface area contributed by atoms with E-state index in [4.69, 9.17) is 16.8 Å². The van der Waals surface area contributed by atoms with E-state index in [0.29, 0.717) is 16.4 Å². The van der Waals surface area contributed by atoms with E-state index >= 15 is 0 Å². The summed E-state index contributed by atoms with van der Waals surface area (Å²) in [5.41, 5.74) is 3.16. The maximum absolute atomic E-state index is 13.3. The van der Waals surface area contributed by atoms with Crippen LogP contribution in [-0.4, -0.2) is 40.1 Å². The fourth-order valence-electron chi connectivity index (χ4n) is 3.18. The first-order chi connectivity index (χ1) is 13.5. The second-order valence-corrected chi connectivity index (χ2v) is 7.14. The summed E-state index contributed by atoms with van der Waals surface area (Å²) in [6, 6.07) is 8.68. The fraction of sp³-hybridized carbons (Fsp3) is 0.300. The number of carbonyl (C=O) groups excluding carboxylic acids is 1. The number of hydrogen-bond acceptors (Lipinski definition) is 5. The minimum Gasteiger partial charge on any atom is -0.366 e. The van der Waals surface area contributed by atoms with E-state index < -0.39 is 5.91 Å². The number of piperidine rings is 1. The predicted molar refractivity (Wildman–Crippen MR) is 107 cm³/mol. The van der Waals surface area contributed by atoms with Crippen LogP contribution in [0.3, 0.4) is 0 Å². The molecule has 8 heteroatoms. The Labute approximate surface area is 168 Å². The molecule has 3 rings (SSSR count). The van der Waals surface area contributed by atoms with E-state index in [1.54, 1.807) is 24.4 Å². The van der Waals surface area contributed by atoms with Gasteiger partial charge in [-0.3, -0.25) is 14.9 Å². The van der Waals surface area contributed by atoms with Gasteiger partial charge in [0.05, 0.1) is 5.02 Å². The number of likely N-dealkylation sites (tertiary alicyclic amines) is 1. The first-order valence-electron chi connectivity index (χ1n) is 9.04. The van der Waals surface area contributed by atoms with Gasteiger partial charge in [-0.05, 0) is 48.2 Å². The molecule has 1 aliphatic heterocycles.